The number of nitrogens with one attached hydrogen (secondary N) is 2. The third kappa shape index (κ3) is 7.38. The van der Waals surface area contributed by atoms with Gasteiger partial charge in [-0.3, -0.25) is 14.4 Å². The van der Waals surface area contributed by atoms with E-state index in [1.165, 1.54) is 12.1 Å². The predicted molar refractivity (Wildman–Crippen MR) is 168 cm³/mol. The molecule has 0 spiro atoms. The monoisotopic (exact) mass is 650 g/mol. The molecule has 4 aromatic rings. The summed E-state index contributed by atoms with van der Waals surface area (Å²) in [6.45, 7) is 1.78. The van der Waals surface area contributed by atoms with Gasteiger partial charge in [-0.1, -0.05) is 30.3 Å². The Morgan fingerprint density at radius 1 is 0.978 bits per heavy atom. The van der Waals surface area contributed by atoms with Crippen LogP contribution in [0.5, 0.6) is 0 Å². The molecule has 10 nitrogen and oxygen atoms in total. The number of nitrogens with zero attached hydrogens (tertiary/aromatic N) is 2. The Bertz CT molecular complexity index is 1830. The summed E-state index contributed by atoms with van der Waals surface area (Å²) in [6, 6.07) is 17.8. The Hall–Kier alpha value is -4.20. The number of halogens is 1. The summed E-state index contributed by atoms with van der Waals surface area (Å²) in [5, 5.41) is 3.62. The van der Waals surface area contributed by atoms with Gasteiger partial charge in [0, 0.05) is 24.7 Å². The maximum absolute atomic E-state index is 13.7. The van der Waals surface area contributed by atoms with Gasteiger partial charge >= 0.3 is 0 Å². The molecule has 1 aromatic heterocycles. The van der Waals surface area contributed by atoms with Crippen LogP contribution in [0, 0.1) is 5.82 Å². The Balaban J connectivity index is 1.26. The molecule has 2 heterocycles. The smallest absolute Gasteiger partial charge is 0.254 e. The molecular formula is C32H31FN4O6S2. The highest BCUT2D eigenvalue weighted by Crippen LogP contribution is 2.35. The lowest BCUT2D eigenvalue weighted by Gasteiger charge is -2.26. The topological polar surface area (TPSA) is 135 Å². The van der Waals surface area contributed by atoms with Gasteiger partial charge in [-0.2, -0.15) is 0 Å². The van der Waals surface area contributed by atoms with Gasteiger partial charge in [-0.25, -0.2) is 17.8 Å². The van der Waals surface area contributed by atoms with Crippen molar-refractivity contribution >= 4 is 49.1 Å². The first kappa shape index (κ1) is 30.8. The van der Waals surface area contributed by atoms with E-state index in [2.05, 4.69) is 15.6 Å². The van der Waals surface area contributed by atoms with Crippen LogP contribution in [0.25, 0.3) is 21.3 Å². The zero-order chi connectivity index (χ0) is 31.6. The average molecular weight is 651 g/mol. The van der Waals surface area contributed by atoms with Crippen molar-refractivity contribution < 1.29 is 31.9 Å². The van der Waals surface area contributed by atoms with E-state index < -0.39 is 38.5 Å². The van der Waals surface area contributed by atoms with Gasteiger partial charge in [0.2, 0.25) is 11.8 Å². The zero-order valence-corrected chi connectivity index (χ0v) is 25.8. The summed E-state index contributed by atoms with van der Waals surface area (Å²) in [4.78, 5) is 44.8. The highest BCUT2D eigenvalue weighted by molar-refractivity contribution is 7.91. The lowest BCUT2D eigenvalue weighted by molar-refractivity contribution is -0.126. The lowest BCUT2D eigenvalue weighted by Crippen LogP contribution is -2.41. The number of hydrogen-bond donors (Lipinski definition) is 2. The van der Waals surface area contributed by atoms with E-state index in [1.807, 2.05) is 24.3 Å². The maximum atomic E-state index is 13.7. The minimum absolute atomic E-state index is 0.0522. The number of ether oxygens (including phenoxy) is 1. The molecule has 6 rings (SSSR count). The van der Waals surface area contributed by atoms with Crippen molar-refractivity contribution in [2.24, 2.45) is 0 Å². The summed E-state index contributed by atoms with van der Waals surface area (Å²) < 4.78 is 46.9. The molecule has 234 valence electrons. The molecule has 0 bridgehead atoms. The Labute approximate surface area is 263 Å². The molecule has 2 fully saturated rings. The molecule has 1 atom stereocenters. The van der Waals surface area contributed by atoms with Crippen LogP contribution in [0.3, 0.4) is 0 Å². The van der Waals surface area contributed by atoms with Crippen LogP contribution in [0.1, 0.15) is 39.0 Å². The molecular weight excluding hydrogens is 620 g/mol. The number of benzene rings is 3. The number of hydrogen-bond acceptors (Lipinski definition) is 8. The van der Waals surface area contributed by atoms with Crippen LogP contribution in [0.2, 0.25) is 0 Å². The first-order valence-electron chi connectivity index (χ1n) is 14.6. The van der Waals surface area contributed by atoms with Crippen LogP contribution in [0.4, 0.5) is 4.39 Å². The van der Waals surface area contributed by atoms with Gasteiger partial charge in [-0.15, -0.1) is 11.3 Å². The second-order valence-electron chi connectivity index (χ2n) is 11.1. The van der Waals surface area contributed by atoms with E-state index in [-0.39, 0.29) is 23.5 Å². The van der Waals surface area contributed by atoms with E-state index in [9.17, 15) is 27.2 Å². The number of morpholine rings is 1. The van der Waals surface area contributed by atoms with E-state index in [1.54, 1.807) is 23.1 Å². The second kappa shape index (κ2) is 13.0. The standard InChI is InChI=1S/C32H31FN4O6S2/c33-24-8-1-20(2-9-24)19-45(41,42)29(30(39)34-18-28(38)35-25-10-11-25)31-36-26-12-7-23(17-27(26)44-31)21-3-5-22(6-4-21)32(40)37-13-15-43-16-14-37/h1-9,12,17,25,29H,10-11,13-16,18-19H2,(H,34,39)(H,35,38). The summed E-state index contributed by atoms with van der Waals surface area (Å²) >= 11 is 1.08. The molecule has 1 saturated heterocycles. The van der Waals surface area contributed by atoms with Crippen LogP contribution >= 0.6 is 11.3 Å². The van der Waals surface area contributed by atoms with Crippen molar-refractivity contribution in [2.45, 2.75) is 29.9 Å². The minimum Gasteiger partial charge on any atom is -0.378 e. The van der Waals surface area contributed by atoms with Crippen LogP contribution < -0.4 is 10.6 Å². The lowest BCUT2D eigenvalue weighted by atomic mass is 10.0. The number of rotatable bonds is 10. The molecule has 3 aromatic carbocycles. The molecule has 2 aliphatic rings. The third-order valence-electron chi connectivity index (χ3n) is 7.64. The van der Waals surface area contributed by atoms with Gasteiger partial charge in [0.1, 0.15) is 10.8 Å². The number of carbonyl (C=O) groups is 3. The van der Waals surface area contributed by atoms with Gasteiger partial charge in [0.25, 0.3) is 5.91 Å². The average Bonchev–Trinajstić information content (AvgIpc) is 3.76. The number of aromatic nitrogens is 1. The minimum atomic E-state index is -4.19. The Morgan fingerprint density at radius 2 is 1.67 bits per heavy atom. The fourth-order valence-electron chi connectivity index (χ4n) is 5.08. The summed E-state index contributed by atoms with van der Waals surface area (Å²) in [5.74, 6) is -2.33. The van der Waals surface area contributed by atoms with E-state index in [4.69, 9.17) is 4.74 Å². The highest BCUT2D eigenvalue weighted by atomic mass is 32.2. The summed E-state index contributed by atoms with van der Waals surface area (Å²) in [5.41, 5.74) is 3.09. The molecule has 1 aliphatic carbocycles. The van der Waals surface area contributed by atoms with E-state index in [0.29, 0.717) is 47.6 Å². The highest BCUT2D eigenvalue weighted by Gasteiger charge is 2.37. The quantitative estimate of drug-likeness (QED) is 0.268. The van der Waals surface area contributed by atoms with Crippen LogP contribution in [0.15, 0.2) is 66.7 Å². The molecule has 3 amide bonds. The van der Waals surface area contributed by atoms with Gasteiger partial charge in [0.05, 0.1) is 35.7 Å². The third-order valence-corrected chi connectivity index (χ3v) is 10.8. The van der Waals surface area contributed by atoms with Crippen molar-refractivity contribution in [1.29, 1.82) is 0 Å². The largest absolute Gasteiger partial charge is 0.378 e. The van der Waals surface area contributed by atoms with Crippen molar-refractivity contribution in [3.8, 4) is 11.1 Å². The molecule has 13 heteroatoms. The van der Waals surface area contributed by atoms with Crippen molar-refractivity contribution in [3.05, 3.63) is 88.7 Å². The summed E-state index contributed by atoms with van der Waals surface area (Å²) in [6.07, 6.45) is 1.75. The van der Waals surface area contributed by atoms with Gasteiger partial charge in [-0.05, 0) is 65.9 Å². The Morgan fingerprint density at radius 3 is 2.36 bits per heavy atom. The predicted octanol–water partition coefficient (Wildman–Crippen LogP) is 3.63. The number of sulfone groups is 1. The fourth-order valence-corrected chi connectivity index (χ4v) is 8.24. The van der Waals surface area contributed by atoms with Crippen molar-refractivity contribution in [3.63, 3.8) is 0 Å². The molecule has 2 N–H and O–H groups in total. The number of amides is 3. The van der Waals surface area contributed by atoms with Crippen LogP contribution in [-0.4, -0.2) is 74.9 Å². The maximum Gasteiger partial charge on any atom is 0.254 e. The molecule has 1 aliphatic heterocycles. The normalized spacial score (nSPS) is 15.9. The number of thiazole rings is 1. The van der Waals surface area contributed by atoms with Gasteiger partial charge in [0.15, 0.2) is 15.1 Å². The van der Waals surface area contributed by atoms with E-state index in [0.717, 1.165) is 47.4 Å². The SMILES string of the molecule is O=C(CNC(=O)C(c1nc2ccc(-c3ccc(C(=O)N4CCOCC4)cc3)cc2s1)S(=O)(=O)Cc1ccc(F)cc1)NC1CC1. The summed E-state index contributed by atoms with van der Waals surface area (Å²) in [7, 11) is -4.19. The molecule has 45 heavy (non-hydrogen) atoms. The first-order chi connectivity index (χ1) is 21.7. The second-order valence-corrected chi connectivity index (χ2v) is 14.2. The zero-order valence-electron chi connectivity index (χ0n) is 24.2. The van der Waals surface area contributed by atoms with Crippen molar-refractivity contribution in [1.82, 2.24) is 20.5 Å². The Kier molecular flexibility index (Phi) is 8.92. The first-order valence-corrected chi connectivity index (χ1v) is 17.1. The fraction of sp³-hybridized carbons (Fsp3) is 0.312. The number of fused-ring (bicyclic) bond motifs is 1. The van der Waals surface area contributed by atoms with Crippen LogP contribution in [-0.2, 0) is 29.9 Å². The van der Waals surface area contributed by atoms with E-state index >= 15 is 0 Å². The number of carbonyl (C=O) groups excluding carboxylic acids is 3. The van der Waals surface area contributed by atoms with Crippen molar-refractivity contribution in [2.75, 3.05) is 32.8 Å². The molecule has 1 saturated carbocycles. The van der Waals surface area contributed by atoms with Gasteiger partial charge < -0.3 is 20.3 Å². The molecule has 1 unspecified atom stereocenters. The molecule has 0 radical (unpaired) electrons.